The molecule has 0 saturated heterocycles. The highest BCUT2D eigenvalue weighted by Crippen LogP contribution is 2.12. The monoisotopic (exact) mass is 183 g/mol. The summed E-state index contributed by atoms with van der Waals surface area (Å²) in [7, 11) is 0. The van der Waals surface area contributed by atoms with Crippen LogP contribution in [0.15, 0.2) is 18.2 Å². The zero-order valence-corrected chi connectivity index (χ0v) is 7.88. The molecule has 2 N–H and O–H groups in total. The van der Waals surface area contributed by atoms with E-state index in [4.69, 9.17) is 10.5 Å². The van der Waals surface area contributed by atoms with Crippen LogP contribution in [0.25, 0.3) is 0 Å². The molecular formula is C10H14FNO. The van der Waals surface area contributed by atoms with Crippen LogP contribution in [0.4, 0.5) is 10.1 Å². The second-order valence-corrected chi connectivity index (χ2v) is 3.25. The molecule has 0 aliphatic carbocycles. The Balaban J connectivity index is 2.66. The summed E-state index contributed by atoms with van der Waals surface area (Å²) < 4.78 is 18.1. The highest BCUT2D eigenvalue weighted by atomic mass is 19.1. The number of nitrogen functional groups attached to an aromatic ring is 1. The van der Waals surface area contributed by atoms with E-state index in [1.807, 2.05) is 13.8 Å². The smallest absolute Gasteiger partial charge is 0.125 e. The average Bonchev–Trinajstić information content (AvgIpc) is 1.99. The molecule has 0 atom stereocenters. The third kappa shape index (κ3) is 3.42. The maximum atomic E-state index is 12.8. The van der Waals surface area contributed by atoms with Crippen molar-refractivity contribution in [3.05, 3.63) is 29.6 Å². The highest BCUT2D eigenvalue weighted by molar-refractivity contribution is 5.41. The number of benzene rings is 1. The number of nitrogens with two attached hydrogens (primary N) is 1. The van der Waals surface area contributed by atoms with Crippen molar-refractivity contribution in [2.75, 3.05) is 5.73 Å². The van der Waals surface area contributed by atoms with Gasteiger partial charge in [-0.25, -0.2) is 4.39 Å². The quantitative estimate of drug-likeness (QED) is 0.730. The summed E-state index contributed by atoms with van der Waals surface area (Å²) in [6.07, 6.45) is 0.143. The zero-order chi connectivity index (χ0) is 9.84. The van der Waals surface area contributed by atoms with Gasteiger partial charge in [0.15, 0.2) is 0 Å². The molecule has 1 aromatic carbocycles. The summed E-state index contributed by atoms with van der Waals surface area (Å²) in [4.78, 5) is 0. The predicted molar refractivity (Wildman–Crippen MR) is 50.7 cm³/mol. The maximum absolute atomic E-state index is 12.8. The SMILES string of the molecule is CC(C)OCc1cc(N)cc(F)c1. The van der Waals surface area contributed by atoms with Gasteiger partial charge in [0, 0.05) is 5.69 Å². The first-order chi connectivity index (χ1) is 6.08. The normalized spacial score (nSPS) is 10.8. The van der Waals surface area contributed by atoms with E-state index in [0.29, 0.717) is 12.3 Å². The van der Waals surface area contributed by atoms with Gasteiger partial charge in [0.2, 0.25) is 0 Å². The summed E-state index contributed by atoms with van der Waals surface area (Å²) in [5.41, 5.74) is 6.67. The van der Waals surface area contributed by atoms with Crippen LogP contribution in [-0.2, 0) is 11.3 Å². The molecule has 0 aliphatic heterocycles. The van der Waals surface area contributed by atoms with Crippen LogP contribution in [0.5, 0.6) is 0 Å². The number of hydrogen-bond donors (Lipinski definition) is 1. The lowest BCUT2D eigenvalue weighted by atomic mass is 10.2. The van der Waals surface area contributed by atoms with Gasteiger partial charge < -0.3 is 10.5 Å². The average molecular weight is 183 g/mol. The highest BCUT2D eigenvalue weighted by Gasteiger charge is 2.00. The van der Waals surface area contributed by atoms with Crippen molar-refractivity contribution in [3.63, 3.8) is 0 Å². The van der Waals surface area contributed by atoms with Gasteiger partial charge in [0.25, 0.3) is 0 Å². The topological polar surface area (TPSA) is 35.2 Å². The molecule has 0 unspecified atom stereocenters. The van der Waals surface area contributed by atoms with Crippen molar-refractivity contribution in [3.8, 4) is 0 Å². The van der Waals surface area contributed by atoms with E-state index in [1.165, 1.54) is 12.1 Å². The molecule has 72 valence electrons. The largest absolute Gasteiger partial charge is 0.399 e. The van der Waals surface area contributed by atoms with Gasteiger partial charge in [0.1, 0.15) is 5.82 Å². The second-order valence-electron chi connectivity index (χ2n) is 3.25. The lowest BCUT2D eigenvalue weighted by molar-refractivity contribution is 0.0656. The van der Waals surface area contributed by atoms with Crippen molar-refractivity contribution >= 4 is 5.69 Å². The Kier molecular flexibility index (Phi) is 3.25. The lowest BCUT2D eigenvalue weighted by Crippen LogP contribution is -2.03. The summed E-state index contributed by atoms with van der Waals surface area (Å²) in [5.74, 6) is -0.317. The molecule has 0 spiro atoms. The lowest BCUT2D eigenvalue weighted by Gasteiger charge is -2.07. The maximum Gasteiger partial charge on any atom is 0.125 e. The first-order valence-electron chi connectivity index (χ1n) is 4.24. The van der Waals surface area contributed by atoms with Gasteiger partial charge in [0.05, 0.1) is 12.7 Å². The van der Waals surface area contributed by atoms with Crippen LogP contribution in [-0.4, -0.2) is 6.10 Å². The van der Waals surface area contributed by atoms with Gasteiger partial charge >= 0.3 is 0 Å². The predicted octanol–water partition coefficient (Wildman–Crippen LogP) is 2.33. The third-order valence-electron chi connectivity index (χ3n) is 1.56. The van der Waals surface area contributed by atoms with Crippen molar-refractivity contribution in [1.29, 1.82) is 0 Å². The number of hydrogen-bond acceptors (Lipinski definition) is 2. The van der Waals surface area contributed by atoms with Crippen LogP contribution in [0, 0.1) is 5.82 Å². The van der Waals surface area contributed by atoms with Crippen LogP contribution >= 0.6 is 0 Å². The molecule has 13 heavy (non-hydrogen) atoms. The van der Waals surface area contributed by atoms with Gasteiger partial charge in [-0.15, -0.1) is 0 Å². The molecule has 0 fully saturated rings. The number of ether oxygens (including phenoxy) is 1. The van der Waals surface area contributed by atoms with Crippen LogP contribution < -0.4 is 5.73 Å². The third-order valence-corrected chi connectivity index (χ3v) is 1.56. The van der Waals surface area contributed by atoms with Crippen molar-refractivity contribution in [2.45, 2.75) is 26.6 Å². The fourth-order valence-corrected chi connectivity index (χ4v) is 1.02. The molecular weight excluding hydrogens is 169 g/mol. The Morgan fingerprint density at radius 2 is 2.08 bits per heavy atom. The van der Waals surface area contributed by atoms with Gasteiger partial charge in [-0.1, -0.05) is 0 Å². The fraction of sp³-hybridized carbons (Fsp3) is 0.400. The Morgan fingerprint density at radius 1 is 1.38 bits per heavy atom. The van der Waals surface area contributed by atoms with E-state index < -0.39 is 0 Å². The van der Waals surface area contributed by atoms with E-state index in [0.717, 1.165) is 5.56 Å². The second kappa shape index (κ2) is 4.23. The van der Waals surface area contributed by atoms with Crippen LogP contribution in [0.1, 0.15) is 19.4 Å². The minimum atomic E-state index is -0.317. The standard InChI is InChI=1S/C10H14FNO/c1-7(2)13-6-8-3-9(11)5-10(12)4-8/h3-5,7H,6,12H2,1-2H3. The Hall–Kier alpha value is -1.09. The molecule has 2 nitrogen and oxygen atoms in total. The fourth-order valence-electron chi connectivity index (χ4n) is 1.02. The first-order valence-corrected chi connectivity index (χ1v) is 4.24. The van der Waals surface area contributed by atoms with Crippen molar-refractivity contribution in [1.82, 2.24) is 0 Å². The van der Waals surface area contributed by atoms with E-state index in [9.17, 15) is 4.39 Å². The number of rotatable bonds is 3. The number of anilines is 1. The molecule has 1 aromatic rings. The van der Waals surface area contributed by atoms with E-state index in [2.05, 4.69) is 0 Å². The van der Waals surface area contributed by atoms with Crippen molar-refractivity contribution < 1.29 is 9.13 Å². The Labute approximate surface area is 77.5 Å². The Bertz CT molecular complexity index is 266. The molecule has 1 rings (SSSR count). The van der Waals surface area contributed by atoms with Crippen molar-refractivity contribution in [2.24, 2.45) is 0 Å². The van der Waals surface area contributed by atoms with Gasteiger partial charge in [-0.05, 0) is 37.6 Å². The molecule has 3 heteroatoms. The Morgan fingerprint density at radius 3 is 2.62 bits per heavy atom. The van der Waals surface area contributed by atoms with E-state index in [1.54, 1.807) is 6.07 Å². The van der Waals surface area contributed by atoms with Crippen LogP contribution in [0.2, 0.25) is 0 Å². The molecule has 0 saturated carbocycles. The zero-order valence-electron chi connectivity index (χ0n) is 7.88. The molecule has 0 radical (unpaired) electrons. The summed E-state index contributed by atoms with van der Waals surface area (Å²) >= 11 is 0. The van der Waals surface area contributed by atoms with Gasteiger partial charge in [-0.3, -0.25) is 0 Å². The first kappa shape index (κ1) is 9.99. The summed E-state index contributed by atoms with van der Waals surface area (Å²) in [5, 5.41) is 0. The molecule has 0 aliphatic rings. The summed E-state index contributed by atoms with van der Waals surface area (Å²) in [6, 6.07) is 4.43. The number of halogens is 1. The molecule has 0 aromatic heterocycles. The minimum Gasteiger partial charge on any atom is -0.399 e. The van der Waals surface area contributed by atoms with Gasteiger partial charge in [-0.2, -0.15) is 0 Å². The van der Waals surface area contributed by atoms with E-state index >= 15 is 0 Å². The summed E-state index contributed by atoms with van der Waals surface area (Å²) in [6.45, 7) is 4.27. The van der Waals surface area contributed by atoms with E-state index in [-0.39, 0.29) is 11.9 Å². The van der Waals surface area contributed by atoms with Crippen LogP contribution in [0.3, 0.4) is 0 Å². The molecule has 0 bridgehead atoms. The molecule has 0 amide bonds. The molecule has 0 heterocycles. The minimum absolute atomic E-state index is 0.143.